The van der Waals surface area contributed by atoms with Crippen molar-refractivity contribution in [3.05, 3.63) is 56.7 Å². The Kier molecular flexibility index (Phi) is 4.41. The molecule has 1 aliphatic heterocycles. The fourth-order valence-corrected chi connectivity index (χ4v) is 4.01. The summed E-state index contributed by atoms with van der Waals surface area (Å²) in [6, 6.07) is 10.4. The van der Waals surface area contributed by atoms with E-state index in [1.54, 1.807) is 13.0 Å². The molecule has 1 amide bonds. The number of carboxylic acids is 1. The minimum atomic E-state index is -0.968. The van der Waals surface area contributed by atoms with Crippen molar-refractivity contribution < 1.29 is 14.7 Å². The van der Waals surface area contributed by atoms with Crippen molar-refractivity contribution in [2.24, 2.45) is 0 Å². The molecule has 0 saturated carbocycles. The van der Waals surface area contributed by atoms with Crippen LogP contribution in [0.3, 0.4) is 0 Å². The molecule has 0 fully saturated rings. The van der Waals surface area contributed by atoms with Crippen molar-refractivity contribution in [1.82, 2.24) is 4.90 Å². The Hall–Kier alpha value is -1.85. The zero-order chi connectivity index (χ0) is 16.6. The van der Waals surface area contributed by atoms with Crippen LogP contribution in [0.4, 0.5) is 0 Å². The predicted octanol–water partition coefficient (Wildman–Crippen LogP) is 3.54. The van der Waals surface area contributed by atoms with Crippen molar-refractivity contribution in [1.29, 1.82) is 0 Å². The highest BCUT2D eigenvalue weighted by Crippen LogP contribution is 2.32. The lowest BCUT2D eigenvalue weighted by molar-refractivity contribution is -0.151. The number of aliphatic carboxylic acids is 1. The Balaban J connectivity index is 1.90. The number of nitrogens with zero attached hydrogens (tertiary/aromatic N) is 1. The molecule has 1 aromatic heterocycles. The first-order chi connectivity index (χ1) is 11.0. The fourth-order valence-electron chi connectivity index (χ4n) is 2.91. The second-order valence-corrected chi connectivity index (χ2v) is 7.40. The molecule has 0 spiro atoms. The molecule has 2 atom stereocenters. The second kappa shape index (κ2) is 6.34. The van der Waals surface area contributed by atoms with Gasteiger partial charge < -0.3 is 10.0 Å². The van der Waals surface area contributed by atoms with Gasteiger partial charge in [0.15, 0.2) is 0 Å². The summed E-state index contributed by atoms with van der Waals surface area (Å²) in [6.07, 6.45) is 0.342. The summed E-state index contributed by atoms with van der Waals surface area (Å²) < 4.78 is 0.624. The van der Waals surface area contributed by atoms with E-state index in [-0.39, 0.29) is 5.91 Å². The molecule has 2 aromatic rings. The molecule has 0 radical (unpaired) electrons. The topological polar surface area (TPSA) is 57.6 Å². The lowest BCUT2D eigenvalue weighted by atomic mass is 9.92. The quantitative estimate of drug-likeness (QED) is 0.922. The lowest BCUT2D eigenvalue weighted by Gasteiger charge is -2.35. The van der Waals surface area contributed by atoms with Crippen molar-refractivity contribution in [2.45, 2.75) is 31.8 Å². The number of halogens is 1. The number of hydrogen-bond acceptors (Lipinski definition) is 3. The Morgan fingerprint density at radius 3 is 2.57 bits per heavy atom. The first-order valence-electron chi connectivity index (χ1n) is 7.32. The molecule has 1 aromatic carbocycles. The van der Waals surface area contributed by atoms with Crippen LogP contribution in [0.5, 0.6) is 0 Å². The molecule has 1 aliphatic rings. The minimum absolute atomic E-state index is 0.176. The summed E-state index contributed by atoms with van der Waals surface area (Å²) in [5.74, 6) is -1.55. The van der Waals surface area contributed by atoms with E-state index in [1.807, 2.05) is 30.3 Å². The zero-order valence-electron chi connectivity index (χ0n) is 12.5. The average Bonchev–Trinajstić information content (AvgIpc) is 2.98. The third kappa shape index (κ3) is 3.12. The van der Waals surface area contributed by atoms with E-state index in [1.165, 1.54) is 16.2 Å². The highest BCUT2D eigenvalue weighted by molar-refractivity contribution is 7.16. The number of fused-ring (bicyclic) bond motifs is 1. The Morgan fingerprint density at radius 1 is 1.26 bits per heavy atom. The number of benzene rings is 1. The molecule has 23 heavy (non-hydrogen) atoms. The molecule has 2 unspecified atom stereocenters. The van der Waals surface area contributed by atoms with E-state index in [9.17, 15) is 14.7 Å². The number of rotatable bonds is 3. The number of hydrogen-bond donors (Lipinski definition) is 1. The number of carbonyl (C=O) groups is 2. The van der Waals surface area contributed by atoms with Gasteiger partial charge in [0.2, 0.25) is 5.91 Å². The van der Waals surface area contributed by atoms with Gasteiger partial charge in [-0.2, -0.15) is 0 Å². The minimum Gasteiger partial charge on any atom is -0.480 e. The Morgan fingerprint density at radius 2 is 1.96 bits per heavy atom. The Bertz CT molecular complexity index is 758. The van der Waals surface area contributed by atoms with Crippen LogP contribution < -0.4 is 0 Å². The van der Waals surface area contributed by atoms with Crippen molar-refractivity contribution in [3.63, 3.8) is 0 Å². The van der Waals surface area contributed by atoms with E-state index in [0.29, 0.717) is 17.3 Å². The van der Waals surface area contributed by atoms with Crippen molar-refractivity contribution in [3.8, 4) is 0 Å². The SMILES string of the molecule is CC(C(=O)N1Cc2ccccc2CC1C(=O)O)c1ccc(Cl)s1. The largest absolute Gasteiger partial charge is 0.480 e. The maximum Gasteiger partial charge on any atom is 0.326 e. The molecule has 2 heterocycles. The number of thiophene rings is 1. The van der Waals surface area contributed by atoms with Gasteiger partial charge in [0.1, 0.15) is 6.04 Å². The van der Waals surface area contributed by atoms with E-state index in [4.69, 9.17) is 11.6 Å². The fraction of sp³-hybridized carbons (Fsp3) is 0.294. The van der Waals surface area contributed by atoms with Gasteiger partial charge in [0.25, 0.3) is 0 Å². The standard InChI is InChI=1S/C17H16ClNO3S/c1-10(14-6-7-15(18)23-14)16(20)19-9-12-5-3-2-4-11(12)8-13(19)17(21)22/h2-7,10,13H,8-9H2,1H3,(H,21,22). The summed E-state index contributed by atoms with van der Waals surface area (Å²) in [6.45, 7) is 2.12. The smallest absolute Gasteiger partial charge is 0.326 e. The summed E-state index contributed by atoms with van der Waals surface area (Å²) in [7, 11) is 0. The monoisotopic (exact) mass is 349 g/mol. The first kappa shape index (κ1) is 16.0. The van der Waals surface area contributed by atoms with Crippen LogP contribution in [-0.2, 0) is 22.6 Å². The van der Waals surface area contributed by atoms with Crippen LogP contribution in [-0.4, -0.2) is 27.9 Å². The van der Waals surface area contributed by atoms with Crippen molar-refractivity contribution in [2.75, 3.05) is 0 Å². The van der Waals surface area contributed by atoms with Gasteiger partial charge in [0.05, 0.1) is 10.3 Å². The third-order valence-corrected chi connectivity index (χ3v) is 5.62. The average molecular weight is 350 g/mol. The van der Waals surface area contributed by atoms with Crippen LogP contribution in [0.2, 0.25) is 4.34 Å². The van der Waals surface area contributed by atoms with Crippen LogP contribution >= 0.6 is 22.9 Å². The molecule has 0 saturated heterocycles. The van der Waals surface area contributed by atoms with Gasteiger partial charge >= 0.3 is 5.97 Å². The molecule has 0 bridgehead atoms. The number of amides is 1. The summed E-state index contributed by atoms with van der Waals surface area (Å²) in [5, 5.41) is 9.53. The summed E-state index contributed by atoms with van der Waals surface area (Å²) in [5.41, 5.74) is 2.01. The van der Waals surface area contributed by atoms with Gasteiger partial charge in [-0.05, 0) is 30.2 Å². The van der Waals surface area contributed by atoms with E-state index >= 15 is 0 Å². The molecular weight excluding hydrogens is 334 g/mol. The highest BCUT2D eigenvalue weighted by atomic mass is 35.5. The summed E-state index contributed by atoms with van der Waals surface area (Å²) in [4.78, 5) is 26.8. The highest BCUT2D eigenvalue weighted by Gasteiger charge is 2.36. The van der Waals surface area contributed by atoms with Crippen molar-refractivity contribution >= 4 is 34.8 Å². The molecule has 0 aliphatic carbocycles. The molecule has 3 rings (SSSR count). The molecule has 6 heteroatoms. The maximum atomic E-state index is 12.9. The second-order valence-electron chi connectivity index (χ2n) is 5.66. The first-order valence-corrected chi connectivity index (χ1v) is 8.52. The molecule has 120 valence electrons. The zero-order valence-corrected chi connectivity index (χ0v) is 14.1. The van der Waals surface area contributed by atoms with Crippen LogP contribution in [0.15, 0.2) is 36.4 Å². The Labute approximate surface area is 143 Å². The van der Waals surface area contributed by atoms with E-state index < -0.39 is 17.9 Å². The lowest BCUT2D eigenvalue weighted by Crippen LogP contribution is -2.49. The van der Waals surface area contributed by atoms with Gasteiger partial charge in [-0.25, -0.2) is 4.79 Å². The van der Waals surface area contributed by atoms with Gasteiger partial charge in [-0.15, -0.1) is 11.3 Å². The van der Waals surface area contributed by atoms with E-state index in [0.717, 1.165) is 16.0 Å². The van der Waals surface area contributed by atoms with Gasteiger partial charge in [-0.1, -0.05) is 35.9 Å². The number of carboxylic acid groups (broad SMARTS) is 1. The summed E-state index contributed by atoms with van der Waals surface area (Å²) >= 11 is 7.29. The van der Waals surface area contributed by atoms with Gasteiger partial charge in [-0.3, -0.25) is 4.79 Å². The molecule has 4 nitrogen and oxygen atoms in total. The van der Waals surface area contributed by atoms with E-state index in [2.05, 4.69) is 0 Å². The third-order valence-electron chi connectivity index (χ3n) is 4.21. The van der Waals surface area contributed by atoms with Crippen LogP contribution in [0.1, 0.15) is 28.8 Å². The van der Waals surface area contributed by atoms with Crippen LogP contribution in [0, 0.1) is 0 Å². The molecular formula is C17H16ClNO3S. The molecule has 1 N–H and O–H groups in total. The number of carbonyl (C=O) groups excluding carboxylic acids is 1. The predicted molar refractivity (Wildman–Crippen MR) is 89.9 cm³/mol. The normalized spacial score (nSPS) is 18.3. The maximum absolute atomic E-state index is 12.9. The van der Waals surface area contributed by atoms with Gasteiger partial charge in [0, 0.05) is 17.8 Å². The van der Waals surface area contributed by atoms with Crippen LogP contribution in [0.25, 0.3) is 0 Å².